The number of hydrogen-bond acceptors (Lipinski definition) is 2. The number of hydrogen-bond donors (Lipinski definition) is 1. The highest BCUT2D eigenvalue weighted by atomic mass is 79.9. The second-order valence-corrected chi connectivity index (χ2v) is 6.38. The predicted octanol–water partition coefficient (Wildman–Crippen LogP) is 1.85. The number of amides is 1. The quantitative estimate of drug-likeness (QED) is 0.787. The number of halogens is 1. The van der Waals surface area contributed by atoms with Crippen LogP contribution in [0.2, 0.25) is 0 Å². The molecule has 0 bridgehead atoms. The lowest BCUT2D eigenvalue weighted by molar-refractivity contribution is -0.126. The van der Waals surface area contributed by atoms with Gasteiger partial charge in [-0.15, -0.1) is 0 Å². The minimum Gasteiger partial charge on any atom is -0.376 e. The van der Waals surface area contributed by atoms with Crippen LogP contribution in [0.4, 0.5) is 0 Å². The first-order valence-electron chi connectivity index (χ1n) is 4.92. The summed E-state index contributed by atoms with van der Waals surface area (Å²) in [7, 11) is 1.71. The fourth-order valence-electron chi connectivity index (χ4n) is 1.48. The second kappa shape index (κ2) is 4.19. The number of carbonyl (C=O) groups is 1. The molecule has 82 valence electrons. The van der Waals surface area contributed by atoms with Gasteiger partial charge in [-0.3, -0.25) is 4.79 Å². The molecule has 1 N–H and O–H groups in total. The summed E-state index contributed by atoms with van der Waals surface area (Å²) in [5.41, 5.74) is -0.0894. The van der Waals surface area contributed by atoms with E-state index >= 15 is 0 Å². The summed E-state index contributed by atoms with van der Waals surface area (Å²) in [6.07, 6.45) is 3.29. The molecule has 0 aliphatic heterocycles. The van der Waals surface area contributed by atoms with Crippen LogP contribution in [-0.2, 0) is 9.53 Å². The number of carbonyl (C=O) groups excluding carboxylic acids is 1. The molecule has 1 fully saturated rings. The van der Waals surface area contributed by atoms with Crippen LogP contribution in [0.1, 0.15) is 33.1 Å². The van der Waals surface area contributed by atoms with E-state index < -0.39 is 4.32 Å². The summed E-state index contributed by atoms with van der Waals surface area (Å²) in [5.74, 6) is 0.0147. The topological polar surface area (TPSA) is 38.3 Å². The average molecular weight is 264 g/mol. The first-order valence-corrected chi connectivity index (χ1v) is 5.71. The molecule has 0 saturated heterocycles. The Labute approximate surface area is 93.7 Å². The van der Waals surface area contributed by atoms with Gasteiger partial charge in [-0.25, -0.2) is 0 Å². The monoisotopic (exact) mass is 263 g/mol. The van der Waals surface area contributed by atoms with Crippen molar-refractivity contribution >= 4 is 21.8 Å². The van der Waals surface area contributed by atoms with Crippen LogP contribution >= 0.6 is 15.9 Å². The van der Waals surface area contributed by atoms with E-state index in [1.807, 2.05) is 13.8 Å². The van der Waals surface area contributed by atoms with Crippen molar-refractivity contribution in [2.24, 2.45) is 0 Å². The number of methoxy groups -OCH3 is 1. The zero-order chi connectivity index (χ0) is 10.8. The third-order valence-corrected chi connectivity index (χ3v) is 3.17. The van der Waals surface area contributed by atoms with Gasteiger partial charge in [-0.1, -0.05) is 15.9 Å². The highest BCUT2D eigenvalue weighted by Gasteiger charge is 2.38. The molecule has 3 nitrogen and oxygen atoms in total. The Bertz CT molecular complexity index is 213. The number of rotatable bonds is 4. The van der Waals surface area contributed by atoms with Crippen LogP contribution in [-0.4, -0.2) is 29.5 Å². The van der Waals surface area contributed by atoms with Gasteiger partial charge in [0.15, 0.2) is 0 Å². The molecule has 0 radical (unpaired) electrons. The first kappa shape index (κ1) is 12.0. The van der Waals surface area contributed by atoms with Crippen molar-refractivity contribution in [3.8, 4) is 0 Å². The number of nitrogens with one attached hydrogen (secondary N) is 1. The van der Waals surface area contributed by atoms with Crippen molar-refractivity contribution in [1.29, 1.82) is 0 Å². The molecule has 0 unspecified atom stereocenters. The van der Waals surface area contributed by atoms with E-state index in [0.717, 1.165) is 12.8 Å². The third-order valence-electron chi connectivity index (χ3n) is 2.81. The molecule has 0 atom stereocenters. The fraction of sp³-hybridized carbons (Fsp3) is 0.900. The highest BCUT2D eigenvalue weighted by Crippen LogP contribution is 2.34. The van der Waals surface area contributed by atoms with Crippen molar-refractivity contribution in [3.63, 3.8) is 0 Å². The predicted molar refractivity (Wildman–Crippen MR) is 59.6 cm³/mol. The minimum atomic E-state index is -0.494. The largest absolute Gasteiger partial charge is 0.376 e. The molecule has 1 rings (SSSR count). The number of alkyl halides is 1. The van der Waals surface area contributed by atoms with E-state index in [9.17, 15) is 4.79 Å². The van der Waals surface area contributed by atoms with Crippen LogP contribution in [0.25, 0.3) is 0 Å². The van der Waals surface area contributed by atoms with Crippen LogP contribution in [0, 0.1) is 0 Å². The van der Waals surface area contributed by atoms with Crippen LogP contribution < -0.4 is 5.32 Å². The van der Waals surface area contributed by atoms with E-state index in [2.05, 4.69) is 21.2 Å². The molecule has 4 heteroatoms. The Morgan fingerprint density at radius 1 is 1.57 bits per heavy atom. The van der Waals surface area contributed by atoms with Gasteiger partial charge in [0.25, 0.3) is 0 Å². The van der Waals surface area contributed by atoms with Crippen molar-refractivity contribution in [2.75, 3.05) is 13.7 Å². The smallest absolute Gasteiger partial charge is 0.236 e. The Morgan fingerprint density at radius 2 is 2.14 bits per heavy atom. The van der Waals surface area contributed by atoms with Gasteiger partial charge in [-0.05, 0) is 33.1 Å². The SMILES string of the molecule is COC1(CNC(=O)C(C)(C)Br)CCC1. The lowest BCUT2D eigenvalue weighted by atomic mass is 9.80. The van der Waals surface area contributed by atoms with Gasteiger partial charge in [0.1, 0.15) is 0 Å². The van der Waals surface area contributed by atoms with Crippen molar-refractivity contribution < 1.29 is 9.53 Å². The molecule has 1 aliphatic rings. The van der Waals surface area contributed by atoms with E-state index in [0.29, 0.717) is 6.54 Å². The zero-order valence-electron chi connectivity index (χ0n) is 9.02. The van der Waals surface area contributed by atoms with Gasteiger partial charge in [0, 0.05) is 13.7 Å². The van der Waals surface area contributed by atoms with Crippen molar-refractivity contribution in [1.82, 2.24) is 5.32 Å². The molecule has 0 aromatic carbocycles. The van der Waals surface area contributed by atoms with Crippen LogP contribution in [0.3, 0.4) is 0 Å². The van der Waals surface area contributed by atoms with E-state index in [-0.39, 0.29) is 11.5 Å². The molecule has 0 aromatic heterocycles. The maximum absolute atomic E-state index is 11.6. The lowest BCUT2D eigenvalue weighted by Crippen LogP contribution is -2.51. The summed E-state index contributed by atoms with van der Waals surface area (Å²) < 4.78 is 4.91. The second-order valence-electron chi connectivity index (χ2n) is 4.40. The third kappa shape index (κ3) is 2.70. The van der Waals surface area contributed by atoms with Gasteiger partial charge < -0.3 is 10.1 Å². The molecule has 1 saturated carbocycles. The Balaban J connectivity index is 2.36. The Kier molecular flexibility index (Phi) is 3.58. The molecule has 1 aliphatic carbocycles. The summed E-state index contributed by atoms with van der Waals surface area (Å²) in [6, 6.07) is 0. The summed E-state index contributed by atoms with van der Waals surface area (Å²) >= 11 is 3.32. The first-order chi connectivity index (χ1) is 6.40. The fourth-order valence-corrected chi connectivity index (χ4v) is 1.62. The summed E-state index contributed by atoms with van der Waals surface area (Å²) in [4.78, 5) is 11.6. The Morgan fingerprint density at radius 3 is 2.43 bits per heavy atom. The standard InChI is InChI=1S/C10H18BrNO2/c1-9(2,11)8(13)12-7-10(14-3)5-4-6-10/h4-7H2,1-3H3,(H,12,13). The normalized spacial score (nSPS) is 20.0. The molecular weight excluding hydrogens is 246 g/mol. The van der Waals surface area contributed by atoms with Gasteiger partial charge >= 0.3 is 0 Å². The summed E-state index contributed by atoms with van der Waals surface area (Å²) in [5, 5.41) is 2.91. The molecule has 0 aromatic rings. The lowest BCUT2D eigenvalue weighted by Gasteiger charge is -2.40. The highest BCUT2D eigenvalue weighted by molar-refractivity contribution is 9.10. The van der Waals surface area contributed by atoms with Crippen molar-refractivity contribution in [3.05, 3.63) is 0 Å². The maximum atomic E-state index is 11.6. The Hall–Kier alpha value is -0.0900. The zero-order valence-corrected chi connectivity index (χ0v) is 10.6. The number of ether oxygens (including phenoxy) is 1. The summed E-state index contributed by atoms with van der Waals surface area (Å²) in [6.45, 7) is 4.29. The molecule has 14 heavy (non-hydrogen) atoms. The van der Waals surface area contributed by atoms with Gasteiger partial charge in [0.2, 0.25) is 5.91 Å². The van der Waals surface area contributed by atoms with Gasteiger partial charge in [-0.2, -0.15) is 0 Å². The van der Waals surface area contributed by atoms with Gasteiger partial charge in [0.05, 0.1) is 9.93 Å². The van der Waals surface area contributed by atoms with E-state index in [4.69, 9.17) is 4.74 Å². The molecule has 1 amide bonds. The van der Waals surface area contributed by atoms with Crippen LogP contribution in [0.15, 0.2) is 0 Å². The molecule has 0 spiro atoms. The maximum Gasteiger partial charge on any atom is 0.236 e. The van der Waals surface area contributed by atoms with Crippen molar-refractivity contribution in [2.45, 2.75) is 43.0 Å². The van der Waals surface area contributed by atoms with E-state index in [1.165, 1.54) is 6.42 Å². The minimum absolute atomic E-state index is 0.0147. The van der Waals surface area contributed by atoms with E-state index in [1.54, 1.807) is 7.11 Å². The molecular formula is C10H18BrNO2. The average Bonchev–Trinajstić information content (AvgIpc) is 2.01. The molecule has 0 heterocycles. The van der Waals surface area contributed by atoms with Crippen LogP contribution in [0.5, 0.6) is 0 Å².